The molecule has 0 aromatic carbocycles. The third-order valence-electron chi connectivity index (χ3n) is 1.28. The first-order valence-corrected chi connectivity index (χ1v) is 4.73. The molecule has 0 aliphatic heterocycles. The smallest absolute Gasteiger partial charge is 0.373 e. The minimum Gasteiger partial charge on any atom is -0.373 e. The van der Waals surface area contributed by atoms with Crippen molar-refractivity contribution >= 4 is 28.3 Å². The van der Waals surface area contributed by atoms with Gasteiger partial charge < -0.3 is 5.32 Å². The lowest BCUT2D eigenvalue weighted by atomic mass is 10.3. The van der Waals surface area contributed by atoms with Crippen LogP contribution in [0.1, 0.15) is 6.92 Å². The zero-order valence-electron chi connectivity index (χ0n) is 7.74. The maximum absolute atomic E-state index is 12.2. The highest BCUT2D eigenvalue weighted by molar-refractivity contribution is 14.1. The molecule has 0 aliphatic carbocycles. The summed E-state index contributed by atoms with van der Waals surface area (Å²) in [5.41, 5.74) is -1.00. The van der Waals surface area contributed by atoms with Gasteiger partial charge in [-0.1, -0.05) is 6.58 Å². The zero-order valence-corrected chi connectivity index (χ0v) is 9.90. The van der Waals surface area contributed by atoms with Crippen LogP contribution >= 0.6 is 22.6 Å². The third-order valence-corrected chi connectivity index (χ3v) is 1.79. The molecule has 0 saturated heterocycles. The van der Waals surface area contributed by atoms with Gasteiger partial charge in [-0.15, -0.1) is 0 Å². The predicted octanol–water partition coefficient (Wildman–Crippen LogP) is 3.02. The van der Waals surface area contributed by atoms with E-state index in [4.69, 9.17) is 0 Å². The van der Waals surface area contributed by atoms with Gasteiger partial charge in [0.1, 0.15) is 11.5 Å². The number of allylic oxidation sites excluding steroid dienone is 2. The van der Waals surface area contributed by atoms with Crippen LogP contribution in [0.25, 0.3) is 0 Å². The molecule has 80 valence electrons. The van der Waals surface area contributed by atoms with Crippen LogP contribution in [0.15, 0.2) is 27.0 Å². The summed E-state index contributed by atoms with van der Waals surface area (Å²) in [7, 11) is 1.51. The summed E-state index contributed by atoms with van der Waals surface area (Å²) < 4.78 is 37.3. The molecule has 0 heterocycles. The molecule has 0 unspecified atom stereocenters. The summed E-state index contributed by atoms with van der Waals surface area (Å²) >= 11 is 1.89. The number of rotatable bonds is 3. The van der Waals surface area contributed by atoms with E-state index in [1.807, 2.05) is 22.6 Å². The molecule has 0 spiro atoms. The van der Waals surface area contributed by atoms with Crippen LogP contribution in [0.3, 0.4) is 0 Å². The second kappa shape index (κ2) is 5.38. The first-order chi connectivity index (χ1) is 6.32. The van der Waals surface area contributed by atoms with Crippen molar-refractivity contribution in [1.82, 2.24) is 5.32 Å². The molecule has 0 aliphatic rings. The Morgan fingerprint density at radius 1 is 1.50 bits per heavy atom. The quantitative estimate of drug-likeness (QED) is 0.628. The van der Waals surface area contributed by atoms with Crippen LogP contribution in [0.5, 0.6) is 0 Å². The molecular formula is C8H10F3IN2. The number of hydrogen-bond donors (Lipinski definition) is 1. The molecule has 0 aromatic heterocycles. The van der Waals surface area contributed by atoms with Crippen molar-refractivity contribution < 1.29 is 13.2 Å². The highest BCUT2D eigenvalue weighted by Gasteiger charge is 2.33. The fourth-order valence-corrected chi connectivity index (χ4v) is 1.04. The molecule has 2 nitrogen and oxygen atoms in total. The Labute approximate surface area is 94.1 Å². The SMILES string of the molecule is C=C/C(=N\C(NC)=C(/C)I)C(F)(F)F. The van der Waals surface area contributed by atoms with Crippen molar-refractivity contribution in [3.8, 4) is 0 Å². The van der Waals surface area contributed by atoms with Gasteiger partial charge in [0.15, 0.2) is 0 Å². The Kier molecular flexibility index (Phi) is 5.17. The molecular weight excluding hydrogens is 308 g/mol. The number of nitrogens with zero attached hydrogens (tertiary/aromatic N) is 1. The minimum atomic E-state index is -4.46. The van der Waals surface area contributed by atoms with Gasteiger partial charge in [-0.25, -0.2) is 4.99 Å². The number of alkyl halides is 3. The van der Waals surface area contributed by atoms with E-state index in [2.05, 4.69) is 16.9 Å². The van der Waals surface area contributed by atoms with E-state index in [0.717, 1.165) is 0 Å². The van der Waals surface area contributed by atoms with Gasteiger partial charge in [-0.05, 0) is 35.6 Å². The molecule has 6 heteroatoms. The predicted molar refractivity (Wildman–Crippen MR) is 59.5 cm³/mol. The van der Waals surface area contributed by atoms with Crippen LogP contribution in [-0.2, 0) is 0 Å². The number of aliphatic imine (C=N–C) groups is 1. The number of halogens is 4. The Balaban J connectivity index is 5.13. The third kappa shape index (κ3) is 4.12. The Morgan fingerprint density at radius 2 is 2.00 bits per heavy atom. The lowest BCUT2D eigenvalue weighted by Crippen LogP contribution is -2.22. The summed E-state index contributed by atoms with van der Waals surface area (Å²) in [5.74, 6) is 0.192. The normalized spacial score (nSPS) is 14.9. The Hall–Kier alpha value is -0.530. The molecule has 1 N–H and O–H groups in total. The average Bonchev–Trinajstić information content (AvgIpc) is 2.03. The van der Waals surface area contributed by atoms with Gasteiger partial charge >= 0.3 is 6.18 Å². The summed E-state index contributed by atoms with van der Waals surface area (Å²) in [6.07, 6.45) is -3.77. The van der Waals surface area contributed by atoms with Crippen LogP contribution in [0, 0.1) is 0 Å². The first-order valence-electron chi connectivity index (χ1n) is 3.65. The van der Waals surface area contributed by atoms with Crippen LogP contribution in [0.4, 0.5) is 13.2 Å². The van der Waals surface area contributed by atoms with Gasteiger partial charge in [0.2, 0.25) is 0 Å². The van der Waals surface area contributed by atoms with Gasteiger partial charge in [-0.2, -0.15) is 13.2 Å². The monoisotopic (exact) mass is 318 g/mol. The Bertz CT molecular complexity index is 275. The van der Waals surface area contributed by atoms with E-state index < -0.39 is 11.9 Å². The highest BCUT2D eigenvalue weighted by Crippen LogP contribution is 2.20. The number of nitrogens with one attached hydrogen (secondary N) is 1. The van der Waals surface area contributed by atoms with Crippen LogP contribution in [-0.4, -0.2) is 18.9 Å². The zero-order chi connectivity index (χ0) is 11.4. The van der Waals surface area contributed by atoms with Crippen LogP contribution in [0.2, 0.25) is 0 Å². The number of hydrogen-bond acceptors (Lipinski definition) is 2. The molecule has 0 rings (SSSR count). The lowest BCUT2D eigenvalue weighted by Gasteiger charge is -2.08. The maximum atomic E-state index is 12.2. The topological polar surface area (TPSA) is 24.4 Å². The highest BCUT2D eigenvalue weighted by atomic mass is 127. The molecule has 0 fully saturated rings. The van der Waals surface area contributed by atoms with E-state index in [-0.39, 0.29) is 5.82 Å². The standard InChI is InChI=1S/C8H10F3IN2/c1-4-6(8(9,10)11)14-7(13-3)5(2)12/h4,13H,1H2,2-3H3/b7-5+,14-6+. The molecule has 0 saturated carbocycles. The van der Waals surface area contributed by atoms with Gasteiger partial charge in [0, 0.05) is 10.6 Å². The fourth-order valence-electron chi connectivity index (χ4n) is 0.650. The second-order valence-electron chi connectivity index (χ2n) is 2.33. The molecule has 0 aromatic rings. The Morgan fingerprint density at radius 3 is 2.21 bits per heavy atom. The molecule has 0 bridgehead atoms. The van der Waals surface area contributed by atoms with Crippen molar-refractivity contribution in [2.75, 3.05) is 7.05 Å². The van der Waals surface area contributed by atoms with Gasteiger partial charge in [0.25, 0.3) is 0 Å². The van der Waals surface area contributed by atoms with E-state index in [1.54, 1.807) is 6.92 Å². The van der Waals surface area contributed by atoms with Crippen molar-refractivity contribution in [3.05, 3.63) is 22.1 Å². The van der Waals surface area contributed by atoms with Gasteiger partial charge in [-0.3, -0.25) is 0 Å². The largest absolute Gasteiger partial charge is 0.433 e. The van der Waals surface area contributed by atoms with Crippen molar-refractivity contribution in [3.63, 3.8) is 0 Å². The fraction of sp³-hybridized carbons (Fsp3) is 0.375. The molecule has 0 atom stereocenters. The van der Waals surface area contributed by atoms with E-state index in [9.17, 15) is 13.2 Å². The maximum Gasteiger partial charge on any atom is 0.433 e. The summed E-state index contributed by atoms with van der Waals surface area (Å²) in [6, 6.07) is 0. The second-order valence-corrected chi connectivity index (χ2v) is 3.95. The van der Waals surface area contributed by atoms with Gasteiger partial charge in [0.05, 0.1) is 0 Å². The van der Waals surface area contributed by atoms with Crippen molar-refractivity contribution in [2.45, 2.75) is 13.1 Å². The molecule has 0 amide bonds. The first kappa shape index (κ1) is 13.5. The van der Waals surface area contributed by atoms with Crippen molar-refractivity contribution in [2.24, 2.45) is 4.99 Å². The van der Waals surface area contributed by atoms with Crippen molar-refractivity contribution in [1.29, 1.82) is 0 Å². The summed E-state index contributed by atoms with van der Waals surface area (Å²) in [4.78, 5) is 3.42. The molecule has 14 heavy (non-hydrogen) atoms. The minimum absolute atomic E-state index is 0.192. The average molecular weight is 318 g/mol. The lowest BCUT2D eigenvalue weighted by molar-refractivity contribution is -0.0577. The van der Waals surface area contributed by atoms with E-state index >= 15 is 0 Å². The van der Waals surface area contributed by atoms with E-state index in [1.165, 1.54) is 7.05 Å². The van der Waals surface area contributed by atoms with Crippen LogP contribution < -0.4 is 5.32 Å². The van der Waals surface area contributed by atoms with E-state index in [0.29, 0.717) is 9.66 Å². The summed E-state index contributed by atoms with van der Waals surface area (Å²) in [6.45, 7) is 4.73. The summed E-state index contributed by atoms with van der Waals surface area (Å²) in [5, 5.41) is 2.58. The molecule has 0 radical (unpaired) electrons.